The van der Waals surface area contributed by atoms with E-state index >= 15 is 0 Å². The Kier molecular flexibility index (Phi) is 2.97. The molecule has 5 nitrogen and oxygen atoms in total. The fourth-order valence-electron chi connectivity index (χ4n) is 1.69. The highest BCUT2D eigenvalue weighted by Crippen LogP contribution is 2.40. The van der Waals surface area contributed by atoms with Gasteiger partial charge < -0.3 is 9.84 Å². The van der Waals surface area contributed by atoms with Crippen LogP contribution in [0.4, 0.5) is 5.82 Å². The molecule has 2 aromatic rings. The van der Waals surface area contributed by atoms with E-state index in [0.717, 1.165) is 21.5 Å². The van der Waals surface area contributed by atoms with Crippen molar-refractivity contribution in [3.05, 3.63) is 30.0 Å². The van der Waals surface area contributed by atoms with Crippen LogP contribution in [0.2, 0.25) is 0 Å². The summed E-state index contributed by atoms with van der Waals surface area (Å²) in [7, 11) is 0. The first-order valence-corrected chi connectivity index (χ1v) is 6.65. The van der Waals surface area contributed by atoms with Gasteiger partial charge in [0.05, 0.1) is 11.2 Å². The zero-order valence-electron chi connectivity index (χ0n) is 10.0. The lowest BCUT2D eigenvalue weighted by atomic mass is 10.4. The number of aromatic nitrogens is 2. The zero-order valence-corrected chi connectivity index (χ0v) is 10.8. The van der Waals surface area contributed by atoms with Crippen LogP contribution < -0.4 is 11.3 Å². The largest absolute Gasteiger partial charge is 0.468 e. The Morgan fingerprint density at radius 2 is 2.28 bits per heavy atom. The summed E-state index contributed by atoms with van der Waals surface area (Å²) >= 11 is 1.57. The monoisotopic (exact) mass is 262 g/mol. The predicted molar refractivity (Wildman–Crippen MR) is 69.4 cm³/mol. The summed E-state index contributed by atoms with van der Waals surface area (Å²) < 4.78 is 5.28. The van der Waals surface area contributed by atoms with Crippen LogP contribution in [-0.2, 0) is 0 Å². The van der Waals surface area contributed by atoms with E-state index in [2.05, 4.69) is 15.4 Å². The average molecular weight is 262 g/mol. The van der Waals surface area contributed by atoms with Crippen LogP contribution in [0.1, 0.15) is 30.3 Å². The van der Waals surface area contributed by atoms with Gasteiger partial charge in [-0.25, -0.2) is 15.8 Å². The Labute approximate surface area is 109 Å². The smallest absolute Gasteiger partial charge is 0.144 e. The van der Waals surface area contributed by atoms with Crippen LogP contribution in [0.25, 0.3) is 0 Å². The van der Waals surface area contributed by atoms with Crippen molar-refractivity contribution in [3.63, 3.8) is 0 Å². The SMILES string of the molecule is Cc1occc1Sc1cc(NN)nc(C2CC2)n1. The summed E-state index contributed by atoms with van der Waals surface area (Å²) in [4.78, 5) is 10.0. The number of anilines is 1. The molecule has 3 rings (SSSR count). The van der Waals surface area contributed by atoms with E-state index < -0.39 is 0 Å². The van der Waals surface area contributed by atoms with Gasteiger partial charge in [0.1, 0.15) is 22.4 Å². The number of furan rings is 1. The molecular formula is C12H14N4OS. The van der Waals surface area contributed by atoms with E-state index in [1.165, 1.54) is 12.8 Å². The van der Waals surface area contributed by atoms with Crippen molar-refractivity contribution in [2.75, 3.05) is 5.43 Å². The minimum Gasteiger partial charge on any atom is -0.468 e. The van der Waals surface area contributed by atoms with Crippen LogP contribution in [0.3, 0.4) is 0 Å². The normalized spacial score (nSPS) is 14.8. The van der Waals surface area contributed by atoms with Crippen molar-refractivity contribution in [3.8, 4) is 0 Å². The van der Waals surface area contributed by atoms with Crippen molar-refractivity contribution in [1.82, 2.24) is 9.97 Å². The van der Waals surface area contributed by atoms with Gasteiger partial charge >= 0.3 is 0 Å². The van der Waals surface area contributed by atoms with Crippen molar-refractivity contribution in [2.24, 2.45) is 5.84 Å². The van der Waals surface area contributed by atoms with Gasteiger partial charge in [-0.05, 0) is 25.8 Å². The summed E-state index contributed by atoms with van der Waals surface area (Å²) in [5, 5.41) is 0.893. The molecule has 0 unspecified atom stereocenters. The second kappa shape index (κ2) is 4.62. The van der Waals surface area contributed by atoms with Crippen LogP contribution in [0.15, 0.2) is 32.7 Å². The van der Waals surface area contributed by atoms with E-state index in [4.69, 9.17) is 10.3 Å². The zero-order chi connectivity index (χ0) is 12.5. The molecule has 1 aliphatic carbocycles. The maximum absolute atomic E-state index is 5.44. The second-order valence-corrected chi connectivity index (χ2v) is 5.37. The first-order chi connectivity index (χ1) is 8.76. The van der Waals surface area contributed by atoms with E-state index in [1.807, 2.05) is 19.1 Å². The summed E-state index contributed by atoms with van der Waals surface area (Å²) in [5.41, 5.74) is 2.60. The van der Waals surface area contributed by atoms with E-state index in [-0.39, 0.29) is 0 Å². The number of rotatable bonds is 4. The molecule has 0 aliphatic heterocycles. The van der Waals surface area contributed by atoms with E-state index in [9.17, 15) is 0 Å². The van der Waals surface area contributed by atoms with Gasteiger partial charge in [0.2, 0.25) is 0 Å². The average Bonchev–Trinajstić information content (AvgIpc) is 3.15. The number of nitrogens with zero attached hydrogens (tertiary/aromatic N) is 2. The van der Waals surface area contributed by atoms with Gasteiger partial charge in [-0.3, -0.25) is 0 Å². The number of hydrazine groups is 1. The third-order valence-corrected chi connectivity index (χ3v) is 3.90. The Hall–Kier alpha value is -1.53. The van der Waals surface area contributed by atoms with Crippen LogP contribution in [-0.4, -0.2) is 9.97 Å². The quantitative estimate of drug-likeness (QED) is 0.501. The fourth-order valence-corrected chi connectivity index (χ4v) is 2.54. The molecule has 0 spiro atoms. The molecule has 2 aromatic heterocycles. The van der Waals surface area contributed by atoms with Gasteiger partial charge in [-0.2, -0.15) is 0 Å². The lowest BCUT2D eigenvalue weighted by molar-refractivity contribution is 0.527. The summed E-state index contributed by atoms with van der Waals surface area (Å²) in [6, 6.07) is 3.79. The number of hydrogen-bond acceptors (Lipinski definition) is 6. The van der Waals surface area contributed by atoms with Gasteiger partial charge in [0.15, 0.2) is 0 Å². The number of nitrogens with one attached hydrogen (secondary N) is 1. The Morgan fingerprint density at radius 1 is 1.44 bits per heavy atom. The maximum atomic E-state index is 5.44. The lowest BCUT2D eigenvalue weighted by Gasteiger charge is -2.06. The molecular weight excluding hydrogens is 248 g/mol. The molecule has 0 aromatic carbocycles. The van der Waals surface area contributed by atoms with Crippen molar-refractivity contribution >= 4 is 17.6 Å². The molecule has 0 amide bonds. The standard InChI is InChI=1S/C12H14N4OS/c1-7-9(4-5-17-7)18-11-6-10(16-13)14-12(15-11)8-2-3-8/h4-6,8H,2-3,13H2,1H3,(H,14,15,16). The van der Waals surface area contributed by atoms with Gasteiger partial charge in [-0.15, -0.1) is 0 Å². The molecule has 18 heavy (non-hydrogen) atoms. The highest BCUT2D eigenvalue weighted by atomic mass is 32.2. The molecule has 1 saturated carbocycles. The second-order valence-electron chi connectivity index (χ2n) is 4.31. The summed E-state index contributed by atoms with van der Waals surface area (Å²) in [6.45, 7) is 1.94. The number of hydrogen-bond donors (Lipinski definition) is 2. The molecule has 6 heteroatoms. The fraction of sp³-hybridized carbons (Fsp3) is 0.333. The number of aryl methyl sites for hydroxylation is 1. The third-order valence-electron chi connectivity index (χ3n) is 2.84. The number of nitrogen functional groups attached to an aromatic ring is 1. The third kappa shape index (κ3) is 2.34. The molecule has 2 heterocycles. The van der Waals surface area contributed by atoms with Crippen LogP contribution in [0.5, 0.6) is 0 Å². The van der Waals surface area contributed by atoms with Crippen molar-refractivity contribution in [2.45, 2.75) is 35.6 Å². The minimum absolute atomic E-state index is 0.503. The Balaban J connectivity index is 1.90. The highest BCUT2D eigenvalue weighted by molar-refractivity contribution is 7.99. The van der Waals surface area contributed by atoms with Crippen molar-refractivity contribution in [1.29, 1.82) is 0 Å². The van der Waals surface area contributed by atoms with Gasteiger partial charge in [-0.1, -0.05) is 11.8 Å². The topological polar surface area (TPSA) is 77.0 Å². The first-order valence-electron chi connectivity index (χ1n) is 5.84. The molecule has 3 N–H and O–H groups in total. The highest BCUT2D eigenvalue weighted by Gasteiger charge is 2.27. The number of nitrogens with two attached hydrogens (primary N) is 1. The molecule has 1 aliphatic rings. The molecule has 0 bridgehead atoms. The molecule has 94 valence electrons. The maximum Gasteiger partial charge on any atom is 0.144 e. The minimum atomic E-state index is 0.503. The predicted octanol–water partition coefficient (Wildman–Crippen LogP) is 2.69. The molecule has 0 atom stereocenters. The van der Waals surface area contributed by atoms with E-state index in [1.54, 1.807) is 18.0 Å². The van der Waals surface area contributed by atoms with Crippen LogP contribution in [0, 0.1) is 6.92 Å². The van der Waals surface area contributed by atoms with Gasteiger partial charge in [0.25, 0.3) is 0 Å². The first kappa shape index (κ1) is 11.6. The lowest BCUT2D eigenvalue weighted by Crippen LogP contribution is -2.10. The van der Waals surface area contributed by atoms with Crippen molar-refractivity contribution < 1.29 is 4.42 Å². The molecule has 0 radical (unpaired) electrons. The molecule has 0 saturated heterocycles. The Morgan fingerprint density at radius 3 is 2.89 bits per heavy atom. The summed E-state index contributed by atoms with van der Waals surface area (Å²) in [5.74, 6) is 8.39. The summed E-state index contributed by atoms with van der Waals surface area (Å²) in [6.07, 6.45) is 4.02. The Bertz CT molecular complexity index is 565. The molecule has 1 fully saturated rings. The van der Waals surface area contributed by atoms with Crippen LogP contribution >= 0.6 is 11.8 Å². The van der Waals surface area contributed by atoms with E-state index in [0.29, 0.717) is 11.7 Å². The van der Waals surface area contributed by atoms with Gasteiger partial charge in [0, 0.05) is 12.0 Å².